The molecule has 150 valence electrons. The molecular weight excluding hydrogens is 380 g/mol. The van der Waals surface area contributed by atoms with E-state index in [1.54, 1.807) is 13.8 Å². The van der Waals surface area contributed by atoms with Crippen LogP contribution in [0.5, 0.6) is 0 Å². The van der Waals surface area contributed by atoms with Crippen LogP contribution in [0, 0.1) is 19.8 Å². The Kier molecular flexibility index (Phi) is 8.52. The lowest BCUT2D eigenvalue weighted by Gasteiger charge is -2.30. The van der Waals surface area contributed by atoms with Gasteiger partial charge in [-0.3, -0.25) is 4.79 Å². The number of aryl methyl sites for hydroxylation is 2. The number of nitrogens with zero attached hydrogens (tertiary/aromatic N) is 2. The zero-order valence-electron chi connectivity index (χ0n) is 15.7. The lowest BCUT2D eigenvalue weighted by molar-refractivity contribution is -0.126. The average molecular weight is 409 g/mol. The van der Waals surface area contributed by atoms with Gasteiger partial charge in [0.25, 0.3) is 0 Å². The second-order valence-electron chi connectivity index (χ2n) is 6.54. The van der Waals surface area contributed by atoms with Crippen LogP contribution in [0.2, 0.25) is 0 Å². The van der Waals surface area contributed by atoms with E-state index in [2.05, 4.69) is 15.8 Å². The van der Waals surface area contributed by atoms with Gasteiger partial charge in [-0.05, 0) is 40.2 Å². The number of likely N-dealkylation sites (N-methyl/N-ethyl adjacent to an activating group) is 1. The fourth-order valence-corrected chi connectivity index (χ4v) is 4.91. The van der Waals surface area contributed by atoms with Gasteiger partial charge in [0.15, 0.2) is 5.76 Å². The molecule has 0 aromatic carbocycles. The number of nitrogens with one attached hydrogen (secondary N) is 2. The van der Waals surface area contributed by atoms with Crippen molar-refractivity contribution in [2.24, 2.45) is 5.92 Å². The van der Waals surface area contributed by atoms with Crippen LogP contribution < -0.4 is 10.6 Å². The van der Waals surface area contributed by atoms with Crippen molar-refractivity contribution in [1.29, 1.82) is 0 Å². The van der Waals surface area contributed by atoms with Crippen molar-refractivity contribution < 1.29 is 17.7 Å². The number of amides is 1. The fourth-order valence-electron chi connectivity index (χ4n) is 3.15. The zero-order chi connectivity index (χ0) is 18.6. The highest BCUT2D eigenvalue weighted by molar-refractivity contribution is 7.89. The van der Waals surface area contributed by atoms with E-state index in [-0.39, 0.29) is 35.2 Å². The molecule has 1 atom stereocenters. The highest BCUT2D eigenvalue weighted by atomic mass is 35.5. The average Bonchev–Trinajstić information content (AvgIpc) is 2.92. The molecule has 8 nitrogen and oxygen atoms in total. The number of rotatable bonds is 7. The SMILES string of the molecule is CCN[C@H](C)CNC(=O)C1CCN(S(=O)(=O)c2c(C)noc2C)CC1.Cl. The molecule has 1 aromatic heterocycles. The Morgan fingerprint density at radius 3 is 2.46 bits per heavy atom. The Labute approximate surface area is 161 Å². The topological polar surface area (TPSA) is 105 Å². The minimum atomic E-state index is -3.63. The molecule has 0 unspecified atom stereocenters. The number of hydrogen-bond donors (Lipinski definition) is 2. The van der Waals surface area contributed by atoms with E-state index in [1.165, 1.54) is 4.31 Å². The van der Waals surface area contributed by atoms with Crippen LogP contribution in [0.25, 0.3) is 0 Å². The van der Waals surface area contributed by atoms with Crippen molar-refractivity contribution in [3.63, 3.8) is 0 Å². The second-order valence-corrected chi connectivity index (χ2v) is 8.41. The van der Waals surface area contributed by atoms with E-state index in [4.69, 9.17) is 4.52 Å². The van der Waals surface area contributed by atoms with Crippen LogP contribution in [0.15, 0.2) is 9.42 Å². The van der Waals surface area contributed by atoms with E-state index in [9.17, 15) is 13.2 Å². The van der Waals surface area contributed by atoms with Gasteiger partial charge in [0.05, 0.1) is 0 Å². The smallest absolute Gasteiger partial charge is 0.248 e. The number of halogens is 1. The molecule has 10 heteroatoms. The van der Waals surface area contributed by atoms with Gasteiger partial charge in [-0.2, -0.15) is 4.31 Å². The van der Waals surface area contributed by atoms with Crippen molar-refractivity contribution in [3.05, 3.63) is 11.5 Å². The third kappa shape index (κ3) is 5.18. The first-order chi connectivity index (χ1) is 11.8. The van der Waals surface area contributed by atoms with Crippen LogP contribution in [-0.4, -0.2) is 56.0 Å². The highest BCUT2D eigenvalue weighted by Crippen LogP contribution is 2.27. The summed E-state index contributed by atoms with van der Waals surface area (Å²) in [5, 5.41) is 9.91. The second kappa shape index (κ2) is 9.68. The van der Waals surface area contributed by atoms with Crippen molar-refractivity contribution in [1.82, 2.24) is 20.1 Å². The summed E-state index contributed by atoms with van der Waals surface area (Å²) in [7, 11) is -3.63. The molecular formula is C16H29ClN4O4S. The third-order valence-electron chi connectivity index (χ3n) is 4.53. The van der Waals surface area contributed by atoms with Crippen molar-refractivity contribution >= 4 is 28.3 Å². The molecule has 0 radical (unpaired) electrons. The molecule has 2 rings (SSSR count). The number of carbonyl (C=O) groups excluding carboxylic acids is 1. The Bertz CT molecular complexity index is 680. The molecule has 1 aromatic rings. The van der Waals surface area contributed by atoms with E-state index in [0.717, 1.165) is 6.54 Å². The summed E-state index contributed by atoms with van der Waals surface area (Å²) < 4.78 is 31.9. The van der Waals surface area contributed by atoms with Crippen LogP contribution >= 0.6 is 12.4 Å². The van der Waals surface area contributed by atoms with E-state index >= 15 is 0 Å². The first-order valence-corrected chi connectivity index (χ1v) is 10.2. The van der Waals surface area contributed by atoms with Gasteiger partial charge >= 0.3 is 0 Å². The summed E-state index contributed by atoms with van der Waals surface area (Å²) in [6, 6.07) is 0.217. The molecule has 26 heavy (non-hydrogen) atoms. The van der Waals surface area contributed by atoms with Crippen molar-refractivity contribution in [2.75, 3.05) is 26.2 Å². The van der Waals surface area contributed by atoms with Gasteiger partial charge in [-0.25, -0.2) is 8.42 Å². The Hall–Kier alpha value is -1.16. The molecule has 1 fully saturated rings. The first-order valence-electron chi connectivity index (χ1n) is 8.71. The predicted molar refractivity (Wildman–Crippen MR) is 101 cm³/mol. The normalized spacial score (nSPS) is 17.5. The monoisotopic (exact) mass is 408 g/mol. The molecule has 2 heterocycles. The molecule has 1 aliphatic rings. The highest BCUT2D eigenvalue weighted by Gasteiger charge is 2.35. The van der Waals surface area contributed by atoms with Gasteiger partial charge in [0.1, 0.15) is 10.6 Å². The van der Waals surface area contributed by atoms with Gasteiger partial charge < -0.3 is 15.2 Å². The summed E-state index contributed by atoms with van der Waals surface area (Å²) in [5.41, 5.74) is 0.370. The number of aromatic nitrogens is 1. The number of piperidine rings is 1. The van der Waals surface area contributed by atoms with Crippen LogP contribution in [-0.2, 0) is 14.8 Å². The summed E-state index contributed by atoms with van der Waals surface area (Å²) in [4.78, 5) is 12.4. The number of sulfonamides is 1. The number of carbonyl (C=O) groups is 1. The van der Waals surface area contributed by atoms with Gasteiger partial charge in [-0.1, -0.05) is 12.1 Å². The Morgan fingerprint density at radius 1 is 1.35 bits per heavy atom. The fraction of sp³-hybridized carbons (Fsp3) is 0.750. The molecule has 2 N–H and O–H groups in total. The van der Waals surface area contributed by atoms with Gasteiger partial charge in [0, 0.05) is 31.6 Å². The summed E-state index contributed by atoms with van der Waals surface area (Å²) in [6.07, 6.45) is 1.04. The molecule has 0 saturated carbocycles. The Morgan fingerprint density at radius 2 is 1.96 bits per heavy atom. The van der Waals surface area contributed by atoms with Crippen LogP contribution in [0.4, 0.5) is 0 Å². The first kappa shape index (κ1) is 22.9. The molecule has 1 aliphatic heterocycles. The zero-order valence-corrected chi connectivity index (χ0v) is 17.4. The Balaban J connectivity index is 0.00000338. The molecule has 1 saturated heterocycles. The molecule has 1 amide bonds. The van der Waals surface area contributed by atoms with E-state index in [0.29, 0.717) is 43.9 Å². The van der Waals surface area contributed by atoms with Crippen LogP contribution in [0.3, 0.4) is 0 Å². The number of hydrogen-bond acceptors (Lipinski definition) is 6. The maximum Gasteiger partial charge on any atom is 0.248 e. The minimum absolute atomic E-state index is 0. The van der Waals surface area contributed by atoms with Crippen LogP contribution in [0.1, 0.15) is 38.1 Å². The third-order valence-corrected chi connectivity index (χ3v) is 6.67. The quantitative estimate of drug-likeness (QED) is 0.703. The van der Waals surface area contributed by atoms with Gasteiger partial charge in [0.2, 0.25) is 15.9 Å². The van der Waals surface area contributed by atoms with E-state index in [1.807, 2.05) is 13.8 Å². The standard InChI is InChI=1S/C16H28N4O4S.ClH/c1-5-17-11(2)10-18-16(21)14-6-8-20(9-7-14)25(22,23)15-12(3)19-24-13(15)4;/h11,14,17H,5-10H2,1-4H3,(H,18,21);1H/t11-;/m1./s1. The molecule has 0 spiro atoms. The van der Waals surface area contributed by atoms with Gasteiger partial charge in [-0.15, -0.1) is 12.4 Å². The van der Waals surface area contributed by atoms with E-state index < -0.39 is 10.0 Å². The van der Waals surface area contributed by atoms with Crippen molar-refractivity contribution in [3.8, 4) is 0 Å². The summed E-state index contributed by atoms with van der Waals surface area (Å²) in [5.74, 6) is 0.152. The predicted octanol–water partition coefficient (Wildman–Crippen LogP) is 1.23. The summed E-state index contributed by atoms with van der Waals surface area (Å²) >= 11 is 0. The maximum atomic E-state index is 12.8. The van der Waals surface area contributed by atoms with Crippen molar-refractivity contribution in [2.45, 2.75) is 51.5 Å². The lowest BCUT2D eigenvalue weighted by atomic mass is 9.97. The largest absolute Gasteiger partial charge is 0.360 e. The summed E-state index contributed by atoms with van der Waals surface area (Å²) in [6.45, 7) is 9.34. The molecule has 0 bridgehead atoms. The maximum absolute atomic E-state index is 12.8. The lowest BCUT2D eigenvalue weighted by Crippen LogP contribution is -2.45. The molecule has 0 aliphatic carbocycles. The minimum Gasteiger partial charge on any atom is -0.360 e.